The molecule has 0 aliphatic carbocycles. The molecule has 1 aromatic carbocycles. The molecule has 0 radical (unpaired) electrons. The lowest BCUT2D eigenvalue weighted by atomic mass is 9.96. The highest BCUT2D eigenvalue weighted by Gasteiger charge is 2.41. The van der Waals surface area contributed by atoms with Crippen molar-refractivity contribution in [2.45, 2.75) is 50.4 Å². The number of carbonyl (C=O) groups excluding carboxylic acids is 1. The first-order valence-electron chi connectivity index (χ1n) is 8.43. The van der Waals surface area contributed by atoms with Crippen LogP contribution in [0.4, 0.5) is 0 Å². The lowest BCUT2D eigenvalue weighted by Crippen LogP contribution is -2.49. The minimum Gasteiger partial charge on any atom is -0.459 e. The monoisotopic (exact) mass is 310 g/mol. The summed E-state index contributed by atoms with van der Waals surface area (Å²) in [7, 11) is 0. The van der Waals surface area contributed by atoms with Crippen LogP contribution < -0.4 is 5.32 Å². The van der Waals surface area contributed by atoms with E-state index >= 15 is 0 Å². The molecule has 2 fully saturated rings. The molecule has 0 saturated carbocycles. The van der Waals surface area contributed by atoms with Crippen molar-refractivity contribution in [3.05, 3.63) is 60.1 Å². The molecule has 2 bridgehead atoms. The van der Waals surface area contributed by atoms with Crippen LogP contribution in [0.3, 0.4) is 0 Å². The summed E-state index contributed by atoms with van der Waals surface area (Å²) in [6.45, 7) is 1.02. The number of hydrogen-bond donors (Lipinski definition) is 1. The van der Waals surface area contributed by atoms with Crippen molar-refractivity contribution in [1.82, 2.24) is 10.2 Å². The minimum absolute atomic E-state index is 0.0871. The van der Waals surface area contributed by atoms with Crippen LogP contribution in [0.15, 0.2) is 53.1 Å². The number of furan rings is 1. The van der Waals surface area contributed by atoms with Gasteiger partial charge in [0.1, 0.15) is 0 Å². The Labute approximate surface area is 136 Å². The third kappa shape index (κ3) is 3.04. The number of amides is 1. The van der Waals surface area contributed by atoms with Gasteiger partial charge in [-0.25, -0.2) is 0 Å². The number of piperidine rings is 1. The average Bonchev–Trinajstić information content (AvgIpc) is 3.17. The molecule has 2 saturated heterocycles. The minimum atomic E-state index is -0.0871. The van der Waals surface area contributed by atoms with E-state index < -0.39 is 0 Å². The first-order chi connectivity index (χ1) is 11.3. The van der Waals surface area contributed by atoms with Gasteiger partial charge in [-0.05, 0) is 43.4 Å². The van der Waals surface area contributed by atoms with Gasteiger partial charge >= 0.3 is 0 Å². The molecule has 3 heterocycles. The van der Waals surface area contributed by atoms with Crippen molar-refractivity contribution < 1.29 is 9.21 Å². The van der Waals surface area contributed by atoms with Crippen LogP contribution in [0.1, 0.15) is 41.8 Å². The number of carbonyl (C=O) groups is 1. The Hall–Kier alpha value is -2.07. The van der Waals surface area contributed by atoms with E-state index in [1.165, 1.54) is 18.4 Å². The first-order valence-corrected chi connectivity index (χ1v) is 8.43. The van der Waals surface area contributed by atoms with Gasteiger partial charge in [0, 0.05) is 24.7 Å². The number of hydrogen-bond acceptors (Lipinski definition) is 3. The highest BCUT2D eigenvalue weighted by molar-refractivity contribution is 5.91. The van der Waals surface area contributed by atoms with Gasteiger partial charge < -0.3 is 9.73 Å². The second-order valence-corrected chi connectivity index (χ2v) is 6.66. The molecule has 4 heteroatoms. The normalized spacial score (nSPS) is 27.0. The summed E-state index contributed by atoms with van der Waals surface area (Å²) in [6, 6.07) is 15.6. The van der Waals surface area contributed by atoms with Gasteiger partial charge in [0.15, 0.2) is 5.76 Å². The number of benzene rings is 1. The van der Waals surface area contributed by atoms with E-state index in [9.17, 15) is 4.79 Å². The number of rotatable bonds is 4. The Morgan fingerprint density at radius 1 is 1.09 bits per heavy atom. The molecular weight excluding hydrogens is 288 g/mol. The third-order valence-electron chi connectivity index (χ3n) is 5.17. The Balaban J connectivity index is 1.39. The van der Waals surface area contributed by atoms with Gasteiger partial charge in [-0.1, -0.05) is 30.3 Å². The van der Waals surface area contributed by atoms with Gasteiger partial charge in [0.05, 0.1) is 6.26 Å². The zero-order chi connectivity index (χ0) is 15.6. The zero-order valence-electron chi connectivity index (χ0n) is 13.2. The highest BCUT2D eigenvalue weighted by atomic mass is 16.3. The predicted molar refractivity (Wildman–Crippen MR) is 88.0 cm³/mol. The van der Waals surface area contributed by atoms with Crippen LogP contribution in [-0.2, 0) is 6.54 Å². The molecule has 2 aliphatic rings. The van der Waals surface area contributed by atoms with E-state index in [0.717, 1.165) is 19.4 Å². The molecule has 1 unspecified atom stereocenters. The molecule has 23 heavy (non-hydrogen) atoms. The van der Waals surface area contributed by atoms with Gasteiger partial charge in [0.2, 0.25) is 0 Å². The summed E-state index contributed by atoms with van der Waals surface area (Å²) < 4.78 is 5.18. The van der Waals surface area contributed by atoms with Crippen LogP contribution in [0.5, 0.6) is 0 Å². The van der Waals surface area contributed by atoms with Crippen LogP contribution in [0.2, 0.25) is 0 Å². The van der Waals surface area contributed by atoms with Crippen molar-refractivity contribution in [1.29, 1.82) is 0 Å². The lowest BCUT2D eigenvalue weighted by molar-refractivity contribution is 0.0804. The number of nitrogens with one attached hydrogen (secondary N) is 1. The number of fused-ring (bicyclic) bond motifs is 2. The van der Waals surface area contributed by atoms with E-state index in [2.05, 4.69) is 40.5 Å². The summed E-state index contributed by atoms with van der Waals surface area (Å²) in [5, 5.41) is 3.15. The van der Waals surface area contributed by atoms with E-state index in [1.54, 1.807) is 18.4 Å². The molecule has 2 aromatic rings. The van der Waals surface area contributed by atoms with E-state index in [0.29, 0.717) is 17.8 Å². The fraction of sp³-hybridized carbons (Fsp3) is 0.421. The van der Waals surface area contributed by atoms with Gasteiger partial charge in [-0.2, -0.15) is 0 Å². The predicted octanol–water partition coefficient (Wildman–Crippen LogP) is 3.21. The SMILES string of the molecule is O=C(NC1C[C@H]2CC[C@@H](C1)N2Cc1ccccc1)c1ccco1. The second kappa shape index (κ2) is 6.20. The van der Waals surface area contributed by atoms with Crippen LogP contribution >= 0.6 is 0 Å². The standard InChI is InChI=1S/C19H22N2O2/c22-19(18-7-4-10-23-18)20-15-11-16-8-9-17(12-15)21(16)13-14-5-2-1-3-6-14/h1-7,10,15-17H,8-9,11-13H2,(H,20,22)/t15?,16-,17+. The molecule has 2 aliphatic heterocycles. The molecule has 120 valence electrons. The molecule has 3 atom stereocenters. The summed E-state index contributed by atoms with van der Waals surface area (Å²) in [6.07, 6.45) is 6.10. The summed E-state index contributed by atoms with van der Waals surface area (Å²) in [5.74, 6) is 0.319. The fourth-order valence-electron chi connectivity index (χ4n) is 4.11. The second-order valence-electron chi connectivity index (χ2n) is 6.66. The molecule has 1 amide bonds. The van der Waals surface area contributed by atoms with Crippen molar-refractivity contribution >= 4 is 5.91 Å². The topological polar surface area (TPSA) is 45.5 Å². The largest absolute Gasteiger partial charge is 0.459 e. The van der Waals surface area contributed by atoms with Gasteiger partial charge in [-0.3, -0.25) is 9.69 Å². The summed E-state index contributed by atoms with van der Waals surface area (Å²) in [4.78, 5) is 14.8. The maximum Gasteiger partial charge on any atom is 0.287 e. The highest BCUT2D eigenvalue weighted by Crippen LogP contribution is 2.36. The molecule has 4 nitrogen and oxygen atoms in total. The van der Waals surface area contributed by atoms with Crippen LogP contribution in [0, 0.1) is 0 Å². The summed E-state index contributed by atoms with van der Waals surface area (Å²) >= 11 is 0. The third-order valence-corrected chi connectivity index (χ3v) is 5.17. The van der Waals surface area contributed by atoms with Crippen molar-refractivity contribution in [3.8, 4) is 0 Å². The van der Waals surface area contributed by atoms with E-state index in [4.69, 9.17) is 4.42 Å². The Morgan fingerprint density at radius 3 is 2.48 bits per heavy atom. The zero-order valence-corrected chi connectivity index (χ0v) is 13.2. The van der Waals surface area contributed by atoms with Gasteiger partial charge in [0.25, 0.3) is 5.91 Å². The quantitative estimate of drug-likeness (QED) is 0.943. The molecule has 0 spiro atoms. The molecule has 1 N–H and O–H groups in total. The lowest BCUT2D eigenvalue weighted by Gasteiger charge is -2.39. The van der Waals surface area contributed by atoms with Crippen molar-refractivity contribution in [2.24, 2.45) is 0 Å². The first kappa shape index (κ1) is 14.5. The maximum atomic E-state index is 12.2. The average molecular weight is 310 g/mol. The molecule has 4 rings (SSSR count). The van der Waals surface area contributed by atoms with Crippen molar-refractivity contribution in [3.63, 3.8) is 0 Å². The van der Waals surface area contributed by atoms with Crippen molar-refractivity contribution in [2.75, 3.05) is 0 Å². The van der Waals surface area contributed by atoms with Gasteiger partial charge in [-0.15, -0.1) is 0 Å². The molecule has 1 aromatic heterocycles. The van der Waals surface area contributed by atoms with E-state index in [1.807, 2.05) is 0 Å². The smallest absolute Gasteiger partial charge is 0.287 e. The summed E-state index contributed by atoms with van der Waals surface area (Å²) in [5.41, 5.74) is 1.38. The maximum absolute atomic E-state index is 12.2. The Kier molecular flexibility index (Phi) is 3.92. The Morgan fingerprint density at radius 2 is 1.83 bits per heavy atom. The van der Waals surface area contributed by atoms with Crippen LogP contribution in [0.25, 0.3) is 0 Å². The number of nitrogens with zero attached hydrogens (tertiary/aromatic N) is 1. The Bertz CT molecular complexity index is 639. The fourth-order valence-corrected chi connectivity index (χ4v) is 4.11. The van der Waals surface area contributed by atoms with E-state index in [-0.39, 0.29) is 11.9 Å². The molecular formula is C19H22N2O2. The van der Waals surface area contributed by atoms with Crippen LogP contribution in [-0.4, -0.2) is 28.9 Å².